The third-order valence-corrected chi connectivity index (χ3v) is 6.13. The normalized spacial score (nSPS) is 28.6. The van der Waals surface area contributed by atoms with Crippen LogP contribution in [0.4, 0.5) is 0 Å². The van der Waals surface area contributed by atoms with Crippen molar-refractivity contribution in [1.29, 1.82) is 0 Å². The van der Waals surface area contributed by atoms with E-state index in [1.54, 1.807) is 0 Å². The number of halogens is 1. The van der Waals surface area contributed by atoms with E-state index in [0.717, 1.165) is 51.5 Å². The van der Waals surface area contributed by atoms with Gasteiger partial charge in [-0.25, -0.2) is 0 Å². The largest absolute Gasteiger partial charge is 0.355 e. The minimum Gasteiger partial charge on any atom is -0.355 e. The quantitative estimate of drug-likeness (QED) is 0.366. The van der Waals surface area contributed by atoms with Gasteiger partial charge in [-0.05, 0) is 12.8 Å². The monoisotopic (exact) mass is 467 g/mol. The molecular weight excluding hydrogens is 437 g/mol. The first-order valence-corrected chi connectivity index (χ1v) is 9.89. The standard InChI is InChI=1S/C16H29N5OS.HI/c1-17-15(18-4-6-20-7-9-23-10-8-20)21-5-2-3-16(13-21)11-14(22)19-12-16;/h2-13H2,1H3,(H,17,18)(H,19,22);1H. The van der Waals surface area contributed by atoms with E-state index in [0.29, 0.717) is 6.42 Å². The van der Waals surface area contributed by atoms with E-state index in [1.165, 1.54) is 24.6 Å². The molecule has 0 bridgehead atoms. The minimum absolute atomic E-state index is 0. The Hall–Kier alpha value is -0.220. The molecule has 2 N–H and O–H groups in total. The number of hydrogen-bond donors (Lipinski definition) is 2. The van der Waals surface area contributed by atoms with Crippen molar-refractivity contribution in [2.75, 3.05) is 64.4 Å². The molecule has 1 unspecified atom stereocenters. The molecule has 1 amide bonds. The van der Waals surface area contributed by atoms with Crippen molar-refractivity contribution < 1.29 is 4.79 Å². The second kappa shape index (κ2) is 9.47. The summed E-state index contributed by atoms with van der Waals surface area (Å²) in [5.74, 6) is 3.71. The van der Waals surface area contributed by atoms with Crippen LogP contribution in [0.3, 0.4) is 0 Å². The van der Waals surface area contributed by atoms with Crippen LogP contribution in [0, 0.1) is 5.41 Å². The maximum Gasteiger partial charge on any atom is 0.220 e. The number of likely N-dealkylation sites (tertiary alicyclic amines) is 1. The average Bonchev–Trinajstić information content (AvgIpc) is 2.92. The molecule has 138 valence electrons. The molecular formula is C16H30IN5OS. The Morgan fingerprint density at radius 1 is 1.38 bits per heavy atom. The molecule has 3 aliphatic rings. The highest BCUT2D eigenvalue weighted by Gasteiger charge is 2.42. The number of piperidine rings is 1. The van der Waals surface area contributed by atoms with E-state index >= 15 is 0 Å². The number of guanidine groups is 1. The Morgan fingerprint density at radius 3 is 2.83 bits per heavy atom. The number of nitrogens with one attached hydrogen (secondary N) is 2. The minimum atomic E-state index is 0. The second-order valence-corrected chi connectivity index (χ2v) is 8.13. The van der Waals surface area contributed by atoms with Crippen LogP contribution in [0.15, 0.2) is 4.99 Å². The van der Waals surface area contributed by atoms with Crippen LogP contribution >= 0.6 is 35.7 Å². The summed E-state index contributed by atoms with van der Waals surface area (Å²) >= 11 is 2.05. The number of hydrogen-bond acceptors (Lipinski definition) is 4. The van der Waals surface area contributed by atoms with Crippen LogP contribution in [-0.4, -0.2) is 86.0 Å². The molecule has 3 heterocycles. The Morgan fingerprint density at radius 2 is 2.17 bits per heavy atom. The second-order valence-electron chi connectivity index (χ2n) is 6.91. The van der Waals surface area contributed by atoms with E-state index in [1.807, 2.05) is 18.8 Å². The lowest BCUT2D eigenvalue weighted by molar-refractivity contribution is -0.119. The molecule has 1 spiro atoms. The molecule has 0 saturated carbocycles. The van der Waals surface area contributed by atoms with Crippen LogP contribution in [-0.2, 0) is 4.79 Å². The Kier molecular flexibility index (Phi) is 7.93. The van der Waals surface area contributed by atoms with E-state index in [9.17, 15) is 4.79 Å². The number of carbonyl (C=O) groups is 1. The SMILES string of the molecule is CN=C(NCCN1CCSCC1)N1CCCC2(CNC(=O)C2)C1.I. The summed E-state index contributed by atoms with van der Waals surface area (Å²) < 4.78 is 0. The zero-order chi connectivity index (χ0) is 16.1. The van der Waals surface area contributed by atoms with Crippen molar-refractivity contribution >= 4 is 47.6 Å². The lowest BCUT2D eigenvalue weighted by Crippen LogP contribution is -2.52. The molecule has 3 saturated heterocycles. The molecule has 0 aromatic heterocycles. The summed E-state index contributed by atoms with van der Waals surface area (Å²) in [7, 11) is 1.86. The first-order valence-electron chi connectivity index (χ1n) is 8.73. The molecule has 3 fully saturated rings. The summed E-state index contributed by atoms with van der Waals surface area (Å²) in [6.07, 6.45) is 2.95. The molecule has 0 aliphatic carbocycles. The number of nitrogens with zero attached hydrogens (tertiary/aromatic N) is 3. The topological polar surface area (TPSA) is 60.0 Å². The molecule has 3 rings (SSSR count). The van der Waals surface area contributed by atoms with Gasteiger partial charge in [0.05, 0.1) is 0 Å². The fourth-order valence-electron chi connectivity index (χ4n) is 3.91. The summed E-state index contributed by atoms with van der Waals surface area (Å²) in [4.78, 5) is 21.0. The van der Waals surface area contributed by atoms with Gasteiger partial charge in [-0.15, -0.1) is 24.0 Å². The van der Waals surface area contributed by atoms with Crippen molar-refractivity contribution in [1.82, 2.24) is 20.4 Å². The van der Waals surface area contributed by atoms with Crippen molar-refractivity contribution in [2.24, 2.45) is 10.4 Å². The molecule has 0 aromatic rings. The van der Waals surface area contributed by atoms with Gasteiger partial charge < -0.3 is 15.5 Å². The smallest absolute Gasteiger partial charge is 0.220 e. The maximum atomic E-state index is 11.6. The summed E-state index contributed by atoms with van der Waals surface area (Å²) in [6.45, 7) is 7.22. The first kappa shape index (κ1) is 20.1. The highest BCUT2D eigenvalue weighted by Crippen LogP contribution is 2.35. The molecule has 0 aromatic carbocycles. The zero-order valence-electron chi connectivity index (χ0n) is 14.6. The lowest BCUT2D eigenvalue weighted by atomic mass is 9.79. The van der Waals surface area contributed by atoms with Crippen molar-refractivity contribution in [2.45, 2.75) is 19.3 Å². The Bertz CT molecular complexity index is 458. The van der Waals surface area contributed by atoms with Gasteiger partial charge in [0, 0.05) is 76.2 Å². The fourth-order valence-corrected chi connectivity index (χ4v) is 4.89. The van der Waals surface area contributed by atoms with Gasteiger partial charge in [-0.3, -0.25) is 14.7 Å². The zero-order valence-corrected chi connectivity index (χ0v) is 17.7. The van der Waals surface area contributed by atoms with E-state index < -0.39 is 0 Å². The number of aliphatic imine (C=N–C) groups is 1. The summed E-state index contributed by atoms with van der Waals surface area (Å²) in [6, 6.07) is 0. The van der Waals surface area contributed by atoms with Crippen LogP contribution in [0.1, 0.15) is 19.3 Å². The Balaban J connectivity index is 0.00000208. The number of carbonyl (C=O) groups excluding carboxylic acids is 1. The highest BCUT2D eigenvalue weighted by molar-refractivity contribution is 14.0. The number of rotatable bonds is 3. The predicted octanol–water partition coefficient (Wildman–Crippen LogP) is 0.831. The Labute approximate surface area is 166 Å². The van der Waals surface area contributed by atoms with Gasteiger partial charge in [-0.2, -0.15) is 11.8 Å². The third kappa shape index (κ3) is 5.14. The van der Waals surface area contributed by atoms with Gasteiger partial charge in [0.25, 0.3) is 0 Å². The molecule has 0 radical (unpaired) electrons. The average molecular weight is 467 g/mol. The number of thioether (sulfide) groups is 1. The molecule has 3 aliphatic heterocycles. The van der Waals surface area contributed by atoms with E-state index in [2.05, 4.69) is 25.4 Å². The lowest BCUT2D eigenvalue weighted by Gasteiger charge is -2.41. The van der Waals surface area contributed by atoms with Crippen LogP contribution in [0.25, 0.3) is 0 Å². The first-order chi connectivity index (χ1) is 11.2. The van der Waals surface area contributed by atoms with Gasteiger partial charge >= 0.3 is 0 Å². The van der Waals surface area contributed by atoms with Gasteiger partial charge in [-0.1, -0.05) is 0 Å². The molecule has 8 heteroatoms. The molecule has 6 nitrogen and oxygen atoms in total. The maximum absolute atomic E-state index is 11.6. The van der Waals surface area contributed by atoms with Crippen molar-refractivity contribution in [3.8, 4) is 0 Å². The van der Waals surface area contributed by atoms with Gasteiger partial charge in [0.1, 0.15) is 0 Å². The van der Waals surface area contributed by atoms with Crippen LogP contribution in [0.2, 0.25) is 0 Å². The predicted molar refractivity (Wildman–Crippen MR) is 111 cm³/mol. The fraction of sp³-hybridized carbons (Fsp3) is 0.875. The summed E-state index contributed by atoms with van der Waals surface area (Å²) in [5.41, 5.74) is 0.122. The van der Waals surface area contributed by atoms with E-state index in [-0.39, 0.29) is 35.3 Å². The molecule has 1 atom stereocenters. The molecule has 24 heavy (non-hydrogen) atoms. The number of amides is 1. The van der Waals surface area contributed by atoms with Gasteiger partial charge in [0.15, 0.2) is 5.96 Å². The van der Waals surface area contributed by atoms with Crippen molar-refractivity contribution in [3.63, 3.8) is 0 Å². The summed E-state index contributed by atoms with van der Waals surface area (Å²) in [5, 5.41) is 6.54. The highest BCUT2D eigenvalue weighted by atomic mass is 127. The third-order valence-electron chi connectivity index (χ3n) is 5.18. The van der Waals surface area contributed by atoms with Gasteiger partial charge in [0.2, 0.25) is 5.91 Å². The van der Waals surface area contributed by atoms with E-state index in [4.69, 9.17) is 0 Å². The van der Waals surface area contributed by atoms with Crippen molar-refractivity contribution in [3.05, 3.63) is 0 Å². The van der Waals surface area contributed by atoms with Crippen LogP contribution < -0.4 is 10.6 Å². The van der Waals surface area contributed by atoms with Crippen LogP contribution in [0.5, 0.6) is 0 Å².